The number of carbonyl (C=O) groups is 1. The molecule has 0 atom stereocenters. The van der Waals surface area contributed by atoms with Crippen LogP contribution >= 0.6 is 0 Å². The summed E-state index contributed by atoms with van der Waals surface area (Å²) in [5, 5.41) is 0.394. The van der Waals surface area contributed by atoms with Crippen LogP contribution in [-0.4, -0.2) is 78.8 Å². The van der Waals surface area contributed by atoms with Gasteiger partial charge in [0.2, 0.25) is 0 Å². The zero-order valence-corrected chi connectivity index (χ0v) is 27.9. The van der Waals surface area contributed by atoms with Crippen molar-refractivity contribution in [3.05, 3.63) is 78.0 Å². The monoisotopic (exact) mass is 649 g/mol. The number of carbonyl (C=O) groups excluding carboxylic acids is 1. The van der Waals surface area contributed by atoms with Gasteiger partial charge in [0.1, 0.15) is 9.84 Å². The van der Waals surface area contributed by atoms with Gasteiger partial charge in [-0.25, -0.2) is 30.6 Å². The number of aromatic nitrogens is 2. The average Bonchev–Trinajstić information content (AvgIpc) is 3.40. The van der Waals surface area contributed by atoms with Gasteiger partial charge in [0, 0.05) is 36.3 Å². The maximum atomic E-state index is 14.2. The van der Waals surface area contributed by atoms with Gasteiger partial charge in [-0.05, 0) is 76.0 Å². The van der Waals surface area contributed by atoms with Crippen LogP contribution in [0.1, 0.15) is 44.7 Å². The van der Waals surface area contributed by atoms with Crippen LogP contribution < -0.4 is 4.90 Å². The summed E-state index contributed by atoms with van der Waals surface area (Å²) in [5.74, 6) is 0. The summed E-state index contributed by atoms with van der Waals surface area (Å²) in [6.07, 6.45) is 4.15. The van der Waals surface area contributed by atoms with Crippen LogP contribution in [0.3, 0.4) is 0 Å². The highest BCUT2D eigenvalue weighted by atomic mass is 32.2. The second-order valence-electron chi connectivity index (χ2n) is 13.1. The van der Waals surface area contributed by atoms with Crippen molar-refractivity contribution in [1.82, 2.24) is 18.8 Å². The highest BCUT2D eigenvalue weighted by Gasteiger charge is 2.37. The van der Waals surface area contributed by atoms with Gasteiger partial charge in [-0.1, -0.05) is 42.5 Å². The van der Waals surface area contributed by atoms with E-state index in [0.717, 1.165) is 11.1 Å². The van der Waals surface area contributed by atoms with E-state index in [9.17, 15) is 21.6 Å². The van der Waals surface area contributed by atoms with E-state index in [1.54, 1.807) is 53.4 Å². The molecule has 6 rings (SSSR count). The van der Waals surface area contributed by atoms with E-state index in [2.05, 4.69) is 9.88 Å². The molecule has 0 N–H and O–H groups in total. The first-order valence-corrected chi connectivity index (χ1v) is 18.5. The Kier molecular flexibility index (Phi) is 7.81. The molecule has 0 radical (unpaired) electrons. The Morgan fingerprint density at radius 2 is 1.58 bits per heavy atom. The smallest absolute Gasteiger partial charge is 0.315 e. The number of hydrogen-bond donors (Lipinski definition) is 0. The van der Waals surface area contributed by atoms with Crippen LogP contribution in [0.25, 0.3) is 22.3 Å². The van der Waals surface area contributed by atoms with E-state index in [0.29, 0.717) is 67.0 Å². The number of benzene rings is 2. The minimum Gasteiger partial charge on any atom is -0.315 e. The van der Waals surface area contributed by atoms with Crippen molar-refractivity contribution in [2.75, 3.05) is 31.3 Å². The number of urea groups is 1. The van der Waals surface area contributed by atoms with Crippen LogP contribution in [-0.2, 0) is 33.0 Å². The lowest BCUT2D eigenvalue weighted by atomic mass is 10.0. The molecule has 2 aromatic carbocycles. The summed E-state index contributed by atoms with van der Waals surface area (Å²) in [5.41, 5.74) is 3.61. The van der Waals surface area contributed by atoms with Crippen LogP contribution in [0.4, 0.5) is 10.5 Å². The molecule has 0 saturated carbocycles. The largest absolute Gasteiger partial charge is 0.325 e. The molecule has 0 aliphatic carbocycles. The van der Waals surface area contributed by atoms with Crippen LogP contribution in [0, 0.1) is 0 Å². The Balaban J connectivity index is 1.43. The Morgan fingerprint density at radius 1 is 0.933 bits per heavy atom. The number of anilines is 1. The fraction of sp³-hybridized carbons (Fsp3) is 0.394. The molecule has 4 heterocycles. The highest BCUT2D eigenvalue weighted by Crippen LogP contribution is 2.40. The maximum Gasteiger partial charge on any atom is 0.325 e. The van der Waals surface area contributed by atoms with Crippen LogP contribution in [0.15, 0.2) is 71.8 Å². The zero-order valence-electron chi connectivity index (χ0n) is 26.3. The van der Waals surface area contributed by atoms with Gasteiger partial charge >= 0.3 is 6.03 Å². The molecule has 0 unspecified atom stereocenters. The van der Waals surface area contributed by atoms with Crippen LogP contribution in [0.2, 0.25) is 0 Å². The Hall–Kier alpha value is -3.74. The normalized spacial score (nSPS) is 17.2. The van der Waals surface area contributed by atoms with Crippen LogP contribution in [0.5, 0.6) is 0 Å². The van der Waals surface area contributed by atoms with Gasteiger partial charge in [-0.3, -0.25) is 9.80 Å². The number of hydrogen-bond acceptors (Lipinski definition) is 7. The fourth-order valence-corrected chi connectivity index (χ4v) is 8.90. The molecule has 0 bridgehead atoms. The number of likely N-dealkylation sites (tertiary alicyclic amines) is 1. The predicted molar refractivity (Wildman–Crippen MR) is 176 cm³/mol. The Morgan fingerprint density at radius 3 is 2.18 bits per heavy atom. The minimum absolute atomic E-state index is 0.135. The molecule has 2 aliphatic rings. The first kappa shape index (κ1) is 31.3. The van der Waals surface area contributed by atoms with E-state index < -0.39 is 25.4 Å². The van der Waals surface area contributed by atoms with Crippen molar-refractivity contribution in [3.63, 3.8) is 0 Å². The SMILES string of the molecule is CN1C(=O)N(C(C)(C)C)Cc2c1cnc1c2cc(-c2ccc(CN3CCC(S(C)(=O)=O)CC3)cc2)n1S(=O)(=O)c1ccccc1. The van der Waals surface area contributed by atoms with Gasteiger partial charge in [0.15, 0.2) is 5.65 Å². The topological polar surface area (TPSA) is 113 Å². The summed E-state index contributed by atoms with van der Waals surface area (Å²) in [6, 6.07) is 17.9. The number of fused-ring (bicyclic) bond motifs is 3. The quantitative estimate of drug-likeness (QED) is 0.285. The number of rotatable bonds is 6. The number of pyridine rings is 1. The lowest BCUT2D eigenvalue weighted by Crippen LogP contribution is -2.53. The van der Waals surface area contributed by atoms with Crippen molar-refractivity contribution < 1.29 is 21.6 Å². The second kappa shape index (κ2) is 11.3. The highest BCUT2D eigenvalue weighted by molar-refractivity contribution is 7.91. The molecule has 1 saturated heterocycles. The molecular weight excluding hydrogens is 611 g/mol. The summed E-state index contributed by atoms with van der Waals surface area (Å²) in [4.78, 5) is 23.6. The maximum absolute atomic E-state index is 14.2. The van der Waals surface area contributed by atoms with Crippen molar-refractivity contribution in [1.29, 1.82) is 0 Å². The second-order valence-corrected chi connectivity index (χ2v) is 17.2. The minimum atomic E-state index is -4.04. The Bertz CT molecular complexity index is 1970. The zero-order chi connectivity index (χ0) is 32.3. The molecule has 0 spiro atoms. The van der Waals surface area contributed by atoms with Gasteiger partial charge in [-0.15, -0.1) is 0 Å². The molecule has 2 aromatic heterocycles. The van der Waals surface area contributed by atoms with Gasteiger partial charge in [0.05, 0.1) is 34.3 Å². The average molecular weight is 650 g/mol. The van der Waals surface area contributed by atoms with E-state index in [-0.39, 0.29) is 16.2 Å². The van der Waals surface area contributed by atoms with Crippen molar-refractivity contribution in [2.45, 2.75) is 62.4 Å². The summed E-state index contributed by atoms with van der Waals surface area (Å²) >= 11 is 0. The molecule has 45 heavy (non-hydrogen) atoms. The van der Waals surface area contributed by atoms with Gasteiger partial charge < -0.3 is 4.90 Å². The third kappa shape index (κ3) is 5.75. The first-order valence-electron chi connectivity index (χ1n) is 15.1. The van der Waals surface area contributed by atoms with E-state index in [1.165, 1.54) is 10.2 Å². The molecule has 2 amide bonds. The van der Waals surface area contributed by atoms with Crippen molar-refractivity contribution in [3.8, 4) is 11.3 Å². The van der Waals surface area contributed by atoms with E-state index >= 15 is 0 Å². The van der Waals surface area contributed by atoms with Crippen molar-refractivity contribution in [2.24, 2.45) is 0 Å². The molecular formula is C33H39N5O5S2. The number of sulfone groups is 1. The molecule has 4 aromatic rings. The first-order chi connectivity index (χ1) is 21.2. The summed E-state index contributed by atoms with van der Waals surface area (Å²) < 4.78 is 53.7. The molecule has 2 aliphatic heterocycles. The third-order valence-electron chi connectivity index (χ3n) is 8.96. The molecule has 1 fully saturated rings. The predicted octanol–water partition coefficient (Wildman–Crippen LogP) is 5.12. The summed E-state index contributed by atoms with van der Waals surface area (Å²) in [7, 11) is -5.36. The van der Waals surface area contributed by atoms with E-state index in [1.807, 2.05) is 51.1 Å². The fourth-order valence-electron chi connectivity index (χ4n) is 6.33. The van der Waals surface area contributed by atoms with Gasteiger partial charge in [-0.2, -0.15) is 0 Å². The van der Waals surface area contributed by atoms with Gasteiger partial charge in [0.25, 0.3) is 10.0 Å². The van der Waals surface area contributed by atoms with Crippen molar-refractivity contribution >= 4 is 42.6 Å². The third-order valence-corrected chi connectivity index (χ3v) is 12.4. The standard InChI is InChI=1S/C33H39N5O5S2/c1-33(2,3)37-22-28-27-19-29(24-13-11-23(12-14-24)21-36-17-15-25(16-18-36)44(5,40)41)38(45(42,43)26-9-7-6-8-10-26)31(27)34-20-30(28)35(4)32(37)39/h6-14,19-20,25H,15-18,21-22H2,1-5H3. The summed E-state index contributed by atoms with van der Waals surface area (Å²) in [6.45, 7) is 8.37. The lowest BCUT2D eigenvalue weighted by Gasteiger charge is -2.42. The molecule has 12 heteroatoms. The lowest BCUT2D eigenvalue weighted by molar-refractivity contribution is 0.143. The number of piperidine rings is 1. The number of amides is 2. The Labute approximate surface area is 265 Å². The van der Waals surface area contributed by atoms with E-state index in [4.69, 9.17) is 0 Å². The number of nitrogens with zero attached hydrogens (tertiary/aromatic N) is 5. The molecule has 238 valence electrons. The molecule has 10 nitrogen and oxygen atoms in total.